The van der Waals surface area contributed by atoms with Crippen LogP contribution in [0.15, 0.2) is 67.0 Å². The molecular formula is C19H15N3. The fourth-order valence-corrected chi connectivity index (χ4v) is 2.69. The second kappa shape index (κ2) is 5.11. The summed E-state index contributed by atoms with van der Waals surface area (Å²) in [4.78, 5) is 4.60. The Morgan fingerprint density at radius 3 is 2.59 bits per heavy atom. The molecule has 1 N–H and O–H groups in total. The molecule has 0 spiro atoms. The first-order chi connectivity index (χ1) is 10.8. The topological polar surface area (TPSA) is 41.6 Å². The summed E-state index contributed by atoms with van der Waals surface area (Å²) in [7, 11) is 0. The molecule has 106 valence electrons. The van der Waals surface area contributed by atoms with Gasteiger partial charge in [0.15, 0.2) is 0 Å². The van der Waals surface area contributed by atoms with Crippen LogP contribution in [-0.4, -0.2) is 15.2 Å². The molecule has 4 aromatic rings. The van der Waals surface area contributed by atoms with Crippen LogP contribution >= 0.6 is 0 Å². The fraction of sp³-hybridized carbons (Fsp3) is 0.0526. The molecule has 2 aromatic heterocycles. The van der Waals surface area contributed by atoms with Gasteiger partial charge in [0.1, 0.15) is 0 Å². The standard InChI is InChI=1S/C19H15N3/c1-13-4-6-14(7-5-13)19-17(3-2-10-20-19)15-8-9-18-16(11-15)12-21-22-18/h2-12H,1H3,(H,21,22). The van der Waals surface area contributed by atoms with Crippen molar-refractivity contribution in [3.8, 4) is 22.4 Å². The minimum atomic E-state index is 1.00. The summed E-state index contributed by atoms with van der Waals surface area (Å²) in [5, 5.41) is 8.18. The lowest BCUT2D eigenvalue weighted by molar-refractivity contribution is 1.12. The predicted molar refractivity (Wildman–Crippen MR) is 89.5 cm³/mol. The van der Waals surface area contributed by atoms with Gasteiger partial charge in [0, 0.05) is 22.7 Å². The summed E-state index contributed by atoms with van der Waals surface area (Å²) in [6, 6.07) is 18.9. The summed E-state index contributed by atoms with van der Waals surface area (Å²) < 4.78 is 0. The Labute approximate surface area is 128 Å². The van der Waals surface area contributed by atoms with Crippen molar-refractivity contribution in [2.75, 3.05) is 0 Å². The summed E-state index contributed by atoms with van der Waals surface area (Å²) in [5.74, 6) is 0. The number of fused-ring (bicyclic) bond motifs is 1. The van der Waals surface area contributed by atoms with Crippen LogP contribution in [0.25, 0.3) is 33.3 Å². The lowest BCUT2D eigenvalue weighted by Crippen LogP contribution is -1.89. The van der Waals surface area contributed by atoms with Crippen LogP contribution in [0.5, 0.6) is 0 Å². The van der Waals surface area contributed by atoms with Crippen molar-refractivity contribution in [1.82, 2.24) is 15.2 Å². The van der Waals surface area contributed by atoms with Crippen molar-refractivity contribution in [3.63, 3.8) is 0 Å². The minimum absolute atomic E-state index is 1.00. The van der Waals surface area contributed by atoms with Crippen molar-refractivity contribution in [2.45, 2.75) is 6.92 Å². The molecule has 0 saturated heterocycles. The third kappa shape index (κ3) is 2.17. The second-order valence-electron chi connectivity index (χ2n) is 5.44. The molecule has 3 nitrogen and oxygen atoms in total. The number of aromatic nitrogens is 3. The third-order valence-electron chi connectivity index (χ3n) is 3.88. The maximum absolute atomic E-state index is 4.60. The molecular weight excluding hydrogens is 270 g/mol. The molecule has 4 rings (SSSR count). The number of nitrogens with one attached hydrogen (secondary N) is 1. The molecule has 0 fully saturated rings. The second-order valence-corrected chi connectivity index (χ2v) is 5.44. The number of rotatable bonds is 2. The molecule has 2 heterocycles. The lowest BCUT2D eigenvalue weighted by atomic mass is 9.98. The van der Waals surface area contributed by atoms with Crippen LogP contribution in [-0.2, 0) is 0 Å². The number of nitrogens with zero attached hydrogens (tertiary/aromatic N) is 2. The highest BCUT2D eigenvalue weighted by Crippen LogP contribution is 2.31. The van der Waals surface area contributed by atoms with Crippen molar-refractivity contribution >= 4 is 10.9 Å². The van der Waals surface area contributed by atoms with Crippen LogP contribution in [0.3, 0.4) is 0 Å². The molecule has 0 amide bonds. The summed E-state index contributed by atoms with van der Waals surface area (Å²) >= 11 is 0. The van der Waals surface area contributed by atoms with Gasteiger partial charge in [0.25, 0.3) is 0 Å². The number of hydrogen-bond donors (Lipinski definition) is 1. The Morgan fingerprint density at radius 2 is 1.73 bits per heavy atom. The normalized spacial score (nSPS) is 11.0. The first-order valence-electron chi connectivity index (χ1n) is 7.27. The summed E-state index contributed by atoms with van der Waals surface area (Å²) in [5.41, 5.74) is 6.72. The van der Waals surface area contributed by atoms with E-state index in [0.29, 0.717) is 0 Å². The van der Waals surface area contributed by atoms with Crippen molar-refractivity contribution in [2.24, 2.45) is 0 Å². The average Bonchev–Trinajstić information content (AvgIpc) is 3.03. The smallest absolute Gasteiger partial charge is 0.0780 e. The zero-order valence-electron chi connectivity index (χ0n) is 12.2. The van der Waals surface area contributed by atoms with Crippen molar-refractivity contribution < 1.29 is 0 Å². The number of benzene rings is 2. The third-order valence-corrected chi connectivity index (χ3v) is 3.88. The highest BCUT2D eigenvalue weighted by atomic mass is 15.1. The van der Waals surface area contributed by atoms with Gasteiger partial charge in [-0.25, -0.2) is 0 Å². The van der Waals surface area contributed by atoms with E-state index in [-0.39, 0.29) is 0 Å². The van der Waals surface area contributed by atoms with Gasteiger partial charge in [0.2, 0.25) is 0 Å². The molecule has 0 aliphatic rings. The molecule has 2 aromatic carbocycles. The maximum Gasteiger partial charge on any atom is 0.0780 e. The molecule has 3 heteroatoms. The first kappa shape index (κ1) is 12.8. The van der Waals surface area contributed by atoms with E-state index in [1.54, 1.807) is 0 Å². The highest BCUT2D eigenvalue weighted by molar-refractivity contribution is 5.88. The van der Waals surface area contributed by atoms with Gasteiger partial charge >= 0.3 is 0 Å². The largest absolute Gasteiger partial charge is 0.278 e. The Bertz CT molecular complexity index is 936. The number of hydrogen-bond acceptors (Lipinski definition) is 2. The Balaban J connectivity index is 1.89. The van der Waals surface area contributed by atoms with E-state index in [1.807, 2.05) is 18.5 Å². The van der Waals surface area contributed by atoms with Crippen LogP contribution in [0.2, 0.25) is 0 Å². The molecule has 0 aliphatic heterocycles. The SMILES string of the molecule is Cc1ccc(-c2ncccc2-c2ccc3[nH]ncc3c2)cc1. The molecule has 0 bridgehead atoms. The minimum Gasteiger partial charge on any atom is -0.278 e. The summed E-state index contributed by atoms with van der Waals surface area (Å²) in [6.45, 7) is 2.09. The molecule has 0 saturated carbocycles. The van der Waals surface area contributed by atoms with Crippen LogP contribution < -0.4 is 0 Å². The van der Waals surface area contributed by atoms with Crippen LogP contribution in [0, 0.1) is 6.92 Å². The van der Waals surface area contributed by atoms with Gasteiger partial charge in [-0.05, 0) is 30.7 Å². The molecule has 22 heavy (non-hydrogen) atoms. The Morgan fingerprint density at radius 1 is 0.909 bits per heavy atom. The zero-order chi connectivity index (χ0) is 14.9. The molecule has 0 radical (unpaired) electrons. The maximum atomic E-state index is 4.60. The van der Waals surface area contributed by atoms with E-state index in [0.717, 1.165) is 33.3 Å². The zero-order valence-corrected chi connectivity index (χ0v) is 12.2. The fourth-order valence-electron chi connectivity index (χ4n) is 2.69. The van der Waals surface area contributed by atoms with Gasteiger partial charge < -0.3 is 0 Å². The molecule has 0 atom stereocenters. The Hall–Kier alpha value is -2.94. The van der Waals surface area contributed by atoms with E-state index >= 15 is 0 Å². The van der Waals surface area contributed by atoms with Gasteiger partial charge in [-0.3, -0.25) is 10.1 Å². The molecule has 0 unspecified atom stereocenters. The van der Waals surface area contributed by atoms with Gasteiger partial charge in [-0.1, -0.05) is 42.0 Å². The Kier molecular flexibility index (Phi) is 2.97. The first-order valence-corrected chi connectivity index (χ1v) is 7.27. The van der Waals surface area contributed by atoms with Crippen LogP contribution in [0.1, 0.15) is 5.56 Å². The van der Waals surface area contributed by atoms with Crippen LogP contribution in [0.4, 0.5) is 0 Å². The lowest BCUT2D eigenvalue weighted by Gasteiger charge is -2.09. The quantitative estimate of drug-likeness (QED) is 0.584. The highest BCUT2D eigenvalue weighted by Gasteiger charge is 2.09. The van der Waals surface area contributed by atoms with Gasteiger partial charge in [-0.2, -0.15) is 5.10 Å². The molecule has 0 aliphatic carbocycles. The average molecular weight is 285 g/mol. The summed E-state index contributed by atoms with van der Waals surface area (Å²) in [6.07, 6.45) is 3.69. The number of pyridine rings is 1. The number of H-pyrrole nitrogens is 1. The predicted octanol–water partition coefficient (Wildman–Crippen LogP) is 4.60. The van der Waals surface area contributed by atoms with Gasteiger partial charge in [-0.15, -0.1) is 0 Å². The monoisotopic (exact) mass is 285 g/mol. The van der Waals surface area contributed by atoms with E-state index in [4.69, 9.17) is 0 Å². The number of aromatic amines is 1. The van der Waals surface area contributed by atoms with Crippen molar-refractivity contribution in [3.05, 3.63) is 72.6 Å². The van der Waals surface area contributed by atoms with E-state index < -0.39 is 0 Å². The van der Waals surface area contributed by atoms with Crippen molar-refractivity contribution in [1.29, 1.82) is 0 Å². The number of aryl methyl sites for hydroxylation is 1. The van der Waals surface area contributed by atoms with Gasteiger partial charge in [0.05, 0.1) is 17.4 Å². The van der Waals surface area contributed by atoms with E-state index in [9.17, 15) is 0 Å². The van der Waals surface area contributed by atoms with E-state index in [1.165, 1.54) is 5.56 Å². The van der Waals surface area contributed by atoms with E-state index in [2.05, 4.69) is 70.6 Å².